The van der Waals surface area contributed by atoms with Crippen LogP contribution in [0.5, 0.6) is 0 Å². The molecule has 2 heterocycles. The normalized spacial score (nSPS) is 26.7. The number of hydrogen-bond donors (Lipinski definition) is 1. The third-order valence-electron chi connectivity index (χ3n) is 4.56. The van der Waals surface area contributed by atoms with Gasteiger partial charge in [0, 0.05) is 36.0 Å². The lowest BCUT2D eigenvalue weighted by Crippen LogP contribution is -2.45. The molecule has 2 N–H and O–H groups in total. The topological polar surface area (TPSA) is 44.5 Å². The Morgan fingerprint density at radius 1 is 1.19 bits per heavy atom. The highest BCUT2D eigenvalue weighted by molar-refractivity contribution is 8.00. The predicted octanol–water partition coefficient (Wildman–Crippen LogP) is 3.53. The smallest absolute Gasteiger partial charge is 0.0737 e. The number of benzene rings is 1. The maximum atomic E-state index is 6.12. The van der Waals surface area contributed by atoms with Crippen LogP contribution < -0.4 is 5.73 Å². The van der Waals surface area contributed by atoms with Crippen LogP contribution in [-0.2, 0) is 9.47 Å². The molecule has 0 radical (unpaired) electrons. The highest BCUT2D eigenvalue weighted by atomic mass is 32.2. The second kappa shape index (κ2) is 6.69. The van der Waals surface area contributed by atoms with Crippen molar-refractivity contribution in [1.29, 1.82) is 0 Å². The minimum Gasteiger partial charge on any atom is -0.381 e. The number of hydrogen-bond acceptors (Lipinski definition) is 4. The molecule has 21 heavy (non-hydrogen) atoms. The molecule has 0 saturated carbocycles. The van der Waals surface area contributed by atoms with Crippen molar-refractivity contribution in [1.82, 2.24) is 0 Å². The van der Waals surface area contributed by atoms with E-state index in [4.69, 9.17) is 15.2 Å². The Labute approximate surface area is 131 Å². The molecule has 2 aliphatic rings. The first-order valence-corrected chi connectivity index (χ1v) is 8.79. The molecule has 0 aromatic heterocycles. The zero-order chi connectivity index (χ0) is 14.7. The lowest BCUT2D eigenvalue weighted by Gasteiger charge is -2.43. The lowest BCUT2D eigenvalue weighted by molar-refractivity contribution is -0.131. The summed E-state index contributed by atoms with van der Waals surface area (Å²) in [6, 6.07) is 8.82. The van der Waals surface area contributed by atoms with Gasteiger partial charge in [-0.05, 0) is 50.3 Å². The number of nitrogens with two attached hydrogens (primary N) is 1. The van der Waals surface area contributed by atoms with E-state index in [-0.39, 0.29) is 11.6 Å². The van der Waals surface area contributed by atoms with Crippen LogP contribution in [0.2, 0.25) is 0 Å². The Morgan fingerprint density at radius 2 is 1.90 bits per heavy atom. The zero-order valence-corrected chi connectivity index (χ0v) is 13.5. The summed E-state index contributed by atoms with van der Waals surface area (Å²) in [7, 11) is 0. The Morgan fingerprint density at radius 3 is 2.57 bits per heavy atom. The molecule has 2 aliphatic heterocycles. The SMILES string of the molecule is CC(N)c1ccc(SC2CCOC3(CCOCC3)C2)cc1. The minimum absolute atomic E-state index is 0.0832. The molecule has 0 aliphatic carbocycles. The van der Waals surface area contributed by atoms with E-state index in [1.807, 2.05) is 18.7 Å². The van der Waals surface area contributed by atoms with Crippen LogP contribution >= 0.6 is 11.8 Å². The van der Waals surface area contributed by atoms with E-state index in [0.717, 1.165) is 45.5 Å². The third kappa shape index (κ3) is 3.81. The number of ether oxygens (including phenoxy) is 2. The van der Waals surface area contributed by atoms with Gasteiger partial charge < -0.3 is 15.2 Å². The monoisotopic (exact) mass is 307 g/mol. The van der Waals surface area contributed by atoms with E-state index in [1.165, 1.54) is 10.5 Å². The van der Waals surface area contributed by atoms with Gasteiger partial charge in [-0.25, -0.2) is 0 Å². The van der Waals surface area contributed by atoms with Crippen molar-refractivity contribution in [3.05, 3.63) is 29.8 Å². The van der Waals surface area contributed by atoms with Crippen molar-refractivity contribution in [3.63, 3.8) is 0 Å². The van der Waals surface area contributed by atoms with Gasteiger partial charge in [-0.2, -0.15) is 0 Å². The van der Waals surface area contributed by atoms with Crippen LogP contribution in [0, 0.1) is 0 Å². The molecule has 1 aromatic carbocycles. The number of thioether (sulfide) groups is 1. The first-order valence-electron chi connectivity index (χ1n) is 7.91. The molecular formula is C17H25NO2S. The molecule has 2 unspecified atom stereocenters. The van der Waals surface area contributed by atoms with E-state index < -0.39 is 0 Å². The maximum absolute atomic E-state index is 6.12. The average Bonchev–Trinajstić information content (AvgIpc) is 2.49. The summed E-state index contributed by atoms with van der Waals surface area (Å²) < 4.78 is 11.6. The van der Waals surface area contributed by atoms with E-state index >= 15 is 0 Å². The summed E-state index contributed by atoms with van der Waals surface area (Å²) in [5.74, 6) is 0. The Balaban J connectivity index is 1.61. The summed E-state index contributed by atoms with van der Waals surface area (Å²) in [5.41, 5.74) is 7.19. The zero-order valence-electron chi connectivity index (χ0n) is 12.7. The fourth-order valence-corrected chi connectivity index (χ4v) is 4.50. The highest BCUT2D eigenvalue weighted by Crippen LogP contribution is 2.40. The first-order chi connectivity index (χ1) is 10.2. The summed E-state index contributed by atoms with van der Waals surface area (Å²) in [6.07, 6.45) is 4.39. The molecule has 2 saturated heterocycles. The van der Waals surface area contributed by atoms with Gasteiger partial charge in [0.05, 0.1) is 5.60 Å². The molecular weight excluding hydrogens is 282 g/mol. The van der Waals surface area contributed by atoms with Crippen LogP contribution in [0.1, 0.15) is 44.2 Å². The summed E-state index contributed by atoms with van der Waals surface area (Å²) in [5, 5.41) is 0.651. The minimum atomic E-state index is 0.0832. The summed E-state index contributed by atoms with van der Waals surface area (Å²) in [6.45, 7) is 4.60. The molecule has 116 valence electrons. The van der Waals surface area contributed by atoms with Crippen molar-refractivity contribution in [2.24, 2.45) is 5.73 Å². The van der Waals surface area contributed by atoms with Gasteiger partial charge in [-0.1, -0.05) is 12.1 Å². The fraction of sp³-hybridized carbons (Fsp3) is 0.647. The van der Waals surface area contributed by atoms with Crippen molar-refractivity contribution in [2.45, 2.75) is 54.4 Å². The van der Waals surface area contributed by atoms with Crippen LogP contribution in [0.15, 0.2) is 29.2 Å². The highest BCUT2D eigenvalue weighted by Gasteiger charge is 2.39. The van der Waals surface area contributed by atoms with Crippen molar-refractivity contribution >= 4 is 11.8 Å². The Kier molecular flexibility index (Phi) is 4.89. The number of rotatable bonds is 3. The predicted molar refractivity (Wildman–Crippen MR) is 86.7 cm³/mol. The molecule has 1 aromatic rings. The van der Waals surface area contributed by atoms with Crippen LogP contribution in [0.4, 0.5) is 0 Å². The second-order valence-corrected chi connectivity index (χ2v) is 7.61. The second-order valence-electron chi connectivity index (χ2n) is 6.23. The molecule has 1 spiro atoms. The van der Waals surface area contributed by atoms with Gasteiger partial charge in [0.25, 0.3) is 0 Å². The van der Waals surface area contributed by atoms with Crippen molar-refractivity contribution < 1.29 is 9.47 Å². The van der Waals surface area contributed by atoms with Gasteiger partial charge in [-0.3, -0.25) is 0 Å². The lowest BCUT2D eigenvalue weighted by atomic mass is 9.86. The molecule has 2 atom stereocenters. The van der Waals surface area contributed by atoms with Gasteiger partial charge in [0.2, 0.25) is 0 Å². The quantitative estimate of drug-likeness (QED) is 0.928. The average molecular weight is 307 g/mol. The molecule has 3 nitrogen and oxygen atoms in total. The summed E-state index contributed by atoms with van der Waals surface area (Å²) in [4.78, 5) is 1.34. The maximum Gasteiger partial charge on any atom is 0.0737 e. The van der Waals surface area contributed by atoms with Crippen molar-refractivity contribution in [2.75, 3.05) is 19.8 Å². The fourth-order valence-electron chi connectivity index (χ4n) is 3.22. The van der Waals surface area contributed by atoms with E-state index in [1.54, 1.807) is 0 Å². The standard InChI is InChI=1S/C17H25NO2S/c1-13(18)14-2-4-15(5-3-14)21-16-6-9-20-17(12-16)7-10-19-11-8-17/h2-5,13,16H,6-12,18H2,1H3. The largest absolute Gasteiger partial charge is 0.381 e. The van der Waals surface area contributed by atoms with Crippen LogP contribution in [-0.4, -0.2) is 30.7 Å². The van der Waals surface area contributed by atoms with Gasteiger partial charge in [0.1, 0.15) is 0 Å². The molecule has 4 heteroatoms. The van der Waals surface area contributed by atoms with E-state index in [9.17, 15) is 0 Å². The van der Waals surface area contributed by atoms with Crippen LogP contribution in [0.25, 0.3) is 0 Å². The van der Waals surface area contributed by atoms with Gasteiger partial charge in [-0.15, -0.1) is 11.8 Å². The summed E-state index contributed by atoms with van der Waals surface area (Å²) >= 11 is 1.99. The van der Waals surface area contributed by atoms with Crippen LogP contribution in [0.3, 0.4) is 0 Å². The van der Waals surface area contributed by atoms with E-state index in [0.29, 0.717) is 5.25 Å². The molecule has 0 bridgehead atoms. The Bertz CT molecular complexity index is 449. The van der Waals surface area contributed by atoms with Gasteiger partial charge in [0.15, 0.2) is 0 Å². The van der Waals surface area contributed by atoms with E-state index in [2.05, 4.69) is 24.3 Å². The molecule has 0 amide bonds. The third-order valence-corrected chi connectivity index (χ3v) is 5.84. The Hall–Kier alpha value is -0.550. The molecule has 2 fully saturated rings. The molecule has 3 rings (SSSR count). The van der Waals surface area contributed by atoms with Gasteiger partial charge >= 0.3 is 0 Å². The first kappa shape index (κ1) is 15.3. The van der Waals surface area contributed by atoms with Crippen molar-refractivity contribution in [3.8, 4) is 0 Å².